The molecule has 3 aromatic rings. The normalized spacial score (nSPS) is 10.8. The molecule has 4 nitrogen and oxygen atoms in total. The van der Waals surface area contributed by atoms with Gasteiger partial charge in [-0.15, -0.1) is 0 Å². The summed E-state index contributed by atoms with van der Waals surface area (Å²) in [6.07, 6.45) is 4.73. The second-order valence-electron chi connectivity index (χ2n) is 6.18. The second-order valence-corrected chi connectivity index (χ2v) is 6.18. The molecule has 0 aliphatic rings. The lowest BCUT2D eigenvalue weighted by molar-refractivity contribution is -0.121. The topological polar surface area (TPSA) is 54.0 Å². The van der Waals surface area contributed by atoms with Crippen molar-refractivity contribution in [2.24, 2.45) is 0 Å². The Balaban J connectivity index is 1.57. The van der Waals surface area contributed by atoms with Crippen molar-refractivity contribution < 1.29 is 4.79 Å². The van der Waals surface area contributed by atoms with E-state index in [1.807, 2.05) is 19.2 Å². The Morgan fingerprint density at radius 1 is 0.880 bits per heavy atom. The Hall–Kier alpha value is -2.72. The average Bonchev–Trinajstić information content (AvgIpc) is 2.65. The van der Waals surface area contributed by atoms with Crippen LogP contribution in [0.2, 0.25) is 0 Å². The third kappa shape index (κ3) is 4.88. The van der Waals surface area contributed by atoms with Gasteiger partial charge in [-0.25, -0.2) is 0 Å². The summed E-state index contributed by atoms with van der Waals surface area (Å²) < 4.78 is 0. The van der Waals surface area contributed by atoms with Crippen molar-refractivity contribution in [1.82, 2.24) is 15.6 Å². The summed E-state index contributed by atoms with van der Waals surface area (Å²) in [6.45, 7) is 1.41. The highest BCUT2D eigenvalue weighted by Gasteiger charge is 2.04. The summed E-state index contributed by atoms with van der Waals surface area (Å²) >= 11 is 0. The number of fused-ring (bicyclic) bond motifs is 1. The molecule has 1 amide bonds. The first-order valence-corrected chi connectivity index (χ1v) is 8.56. The molecule has 0 fully saturated rings. The van der Waals surface area contributed by atoms with Crippen LogP contribution in [-0.4, -0.2) is 17.9 Å². The van der Waals surface area contributed by atoms with Crippen LogP contribution in [0, 0.1) is 0 Å². The predicted octanol–water partition coefficient (Wildman–Crippen LogP) is 3.20. The van der Waals surface area contributed by atoms with E-state index in [4.69, 9.17) is 0 Å². The number of benzene rings is 2. The summed E-state index contributed by atoms with van der Waals surface area (Å²) in [4.78, 5) is 16.0. The van der Waals surface area contributed by atoms with Crippen LogP contribution in [0.4, 0.5) is 0 Å². The van der Waals surface area contributed by atoms with Gasteiger partial charge in [-0.2, -0.15) is 0 Å². The molecule has 2 aromatic carbocycles. The highest BCUT2D eigenvalue weighted by Crippen LogP contribution is 2.18. The lowest BCUT2D eigenvalue weighted by Gasteiger charge is -2.08. The van der Waals surface area contributed by atoms with Crippen molar-refractivity contribution in [2.45, 2.75) is 25.9 Å². The molecule has 4 heteroatoms. The van der Waals surface area contributed by atoms with Gasteiger partial charge in [0.15, 0.2) is 0 Å². The van der Waals surface area contributed by atoms with Crippen LogP contribution < -0.4 is 10.6 Å². The molecule has 0 radical (unpaired) electrons. The molecule has 25 heavy (non-hydrogen) atoms. The molecule has 0 aliphatic carbocycles. The number of aryl methyl sites for hydroxylation is 1. The highest BCUT2D eigenvalue weighted by atomic mass is 16.1. The zero-order valence-electron chi connectivity index (χ0n) is 14.5. The fraction of sp³-hybridized carbons (Fsp3) is 0.238. The molecule has 0 saturated heterocycles. The number of nitrogens with one attached hydrogen (secondary N) is 2. The molecule has 3 rings (SSSR count). The van der Waals surface area contributed by atoms with E-state index in [0.29, 0.717) is 13.0 Å². The van der Waals surface area contributed by atoms with Gasteiger partial charge in [-0.3, -0.25) is 9.78 Å². The molecule has 0 saturated carbocycles. The molecular weight excluding hydrogens is 310 g/mol. The van der Waals surface area contributed by atoms with Gasteiger partial charge in [-0.05, 0) is 65.2 Å². The van der Waals surface area contributed by atoms with E-state index in [-0.39, 0.29) is 5.91 Å². The van der Waals surface area contributed by atoms with Crippen LogP contribution in [0.15, 0.2) is 60.9 Å². The van der Waals surface area contributed by atoms with Gasteiger partial charge < -0.3 is 10.6 Å². The molecular formula is C21H23N3O. The molecule has 128 valence electrons. The maximum absolute atomic E-state index is 12.1. The quantitative estimate of drug-likeness (QED) is 0.698. The van der Waals surface area contributed by atoms with Crippen molar-refractivity contribution in [1.29, 1.82) is 0 Å². The van der Waals surface area contributed by atoms with E-state index >= 15 is 0 Å². The lowest BCUT2D eigenvalue weighted by Crippen LogP contribution is -2.22. The summed E-state index contributed by atoms with van der Waals surface area (Å²) in [5, 5.41) is 8.60. The van der Waals surface area contributed by atoms with E-state index in [2.05, 4.69) is 52.0 Å². The molecule has 1 aromatic heterocycles. The molecule has 0 atom stereocenters. The molecule has 0 unspecified atom stereocenters. The lowest BCUT2D eigenvalue weighted by atomic mass is 10.0. The number of amides is 1. The SMILES string of the molecule is CNCc1ccc2ccc(CNC(=O)CCc3ccncc3)cc2c1. The minimum Gasteiger partial charge on any atom is -0.352 e. The van der Waals surface area contributed by atoms with Gasteiger partial charge in [0, 0.05) is 31.9 Å². The van der Waals surface area contributed by atoms with Crippen molar-refractivity contribution in [3.05, 3.63) is 77.6 Å². The summed E-state index contributed by atoms with van der Waals surface area (Å²) in [5.74, 6) is 0.0702. The smallest absolute Gasteiger partial charge is 0.220 e. The van der Waals surface area contributed by atoms with Gasteiger partial charge in [-0.1, -0.05) is 24.3 Å². The number of rotatable bonds is 7. The van der Waals surface area contributed by atoms with E-state index < -0.39 is 0 Å². The zero-order chi connectivity index (χ0) is 17.5. The Labute approximate surface area is 148 Å². The van der Waals surface area contributed by atoms with Gasteiger partial charge in [0.05, 0.1) is 0 Å². The Morgan fingerprint density at radius 3 is 2.24 bits per heavy atom. The van der Waals surface area contributed by atoms with Crippen molar-refractivity contribution in [3.8, 4) is 0 Å². The van der Waals surface area contributed by atoms with E-state index in [1.165, 1.54) is 16.3 Å². The molecule has 2 N–H and O–H groups in total. The minimum atomic E-state index is 0.0702. The van der Waals surface area contributed by atoms with Crippen molar-refractivity contribution in [3.63, 3.8) is 0 Å². The zero-order valence-corrected chi connectivity index (χ0v) is 14.5. The number of hydrogen-bond donors (Lipinski definition) is 2. The van der Waals surface area contributed by atoms with Crippen LogP contribution in [0.25, 0.3) is 10.8 Å². The number of aromatic nitrogens is 1. The van der Waals surface area contributed by atoms with Gasteiger partial charge in [0.2, 0.25) is 5.91 Å². The summed E-state index contributed by atoms with van der Waals surface area (Å²) in [6, 6.07) is 16.7. The largest absolute Gasteiger partial charge is 0.352 e. The van der Waals surface area contributed by atoms with Crippen LogP contribution in [0.5, 0.6) is 0 Å². The van der Waals surface area contributed by atoms with Crippen molar-refractivity contribution in [2.75, 3.05) is 7.05 Å². The average molecular weight is 333 g/mol. The Bertz CT molecular complexity index is 846. The first-order chi connectivity index (χ1) is 12.2. The standard InChI is InChI=1S/C21H23N3O/c1-22-14-17-2-5-19-6-3-18(13-20(19)12-17)15-24-21(25)7-4-16-8-10-23-11-9-16/h2-3,5-6,8-13,22H,4,7,14-15H2,1H3,(H,24,25). The Morgan fingerprint density at radius 2 is 1.56 bits per heavy atom. The fourth-order valence-corrected chi connectivity index (χ4v) is 2.87. The predicted molar refractivity (Wildman–Crippen MR) is 101 cm³/mol. The maximum atomic E-state index is 12.1. The third-order valence-electron chi connectivity index (χ3n) is 4.23. The fourth-order valence-electron chi connectivity index (χ4n) is 2.87. The van der Waals surface area contributed by atoms with Crippen LogP contribution in [0.3, 0.4) is 0 Å². The minimum absolute atomic E-state index is 0.0702. The highest BCUT2D eigenvalue weighted by molar-refractivity contribution is 5.84. The molecule has 0 bridgehead atoms. The number of carbonyl (C=O) groups excluding carboxylic acids is 1. The van der Waals surface area contributed by atoms with Gasteiger partial charge in [0.25, 0.3) is 0 Å². The first-order valence-electron chi connectivity index (χ1n) is 8.56. The number of carbonyl (C=O) groups is 1. The molecule has 0 spiro atoms. The van der Waals surface area contributed by atoms with Crippen LogP contribution in [0.1, 0.15) is 23.1 Å². The van der Waals surface area contributed by atoms with Crippen LogP contribution >= 0.6 is 0 Å². The summed E-state index contributed by atoms with van der Waals surface area (Å²) in [7, 11) is 1.95. The van der Waals surface area contributed by atoms with Gasteiger partial charge >= 0.3 is 0 Å². The van der Waals surface area contributed by atoms with Crippen LogP contribution in [-0.2, 0) is 24.3 Å². The van der Waals surface area contributed by atoms with E-state index in [0.717, 1.165) is 24.1 Å². The molecule has 1 heterocycles. The van der Waals surface area contributed by atoms with E-state index in [1.54, 1.807) is 12.4 Å². The number of hydrogen-bond acceptors (Lipinski definition) is 3. The second kappa shape index (κ2) is 8.40. The van der Waals surface area contributed by atoms with Crippen molar-refractivity contribution >= 4 is 16.7 Å². The maximum Gasteiger partial charge on any atom is 0.220 e. The molecule has 0 aliphatic heterocycles. The summed E-state index contributed by atoms with van der Waals surface area (Å²) in [5.41, 5.74) is 3.51. The monoisotopic (exact) mass is 333 g/mol. The Kier molecular flexibility index (Phi) is 5.75. The van der Waals surface area contributed by atoms with Gasteiger partial charge in [0.1, 0.15) is 0 Å². The number of pyridine rings is 1. The third-order valence-corrected chi connectivity index (χ3v) is 4.23. The number of nitrogens with zero attached hydrogens (tertiary/aromatic N) is 1. The first kappa shape index (κ1) is 17.1. The van der Waals surface area contributed by atoms with E-state index in [9.17, 15) is 4.79 Å².